The zero-order valence-electron chi connectivity index (χ0n) is 16.3. The number of carbonyl (C=O) groups is 1. The van der Waals surface area contributed by atoms with Crippen molar-refractivity contribution >= 4 is 11.6 Å². The number of amides is 1. The molecule has 0 spiro atoms. The Bertz CT molecular complexity index is 1040. The molecule has 0 fully saturated rings. The zero-order valence-corrected chi connectivity index (χ0v) is 16.3. The van der Waals surface area contributed by atoms with E-state index in [1.54, 1.807) is 18.1 Å². The maximum Gasteiger partial charge on any atom is 0.267 e. The van der Waals surface area contributed by atoms with Crippen molar-refractivity contribution in [3.63, 3.8) is 0 Å². The van der Waals surface area contributed by atoms with Gasteiger partial charge in [-0.3, -0.25) is 9.59 Å². The van der Waals surface area contributed by atoms with Crippen LogP contribution in [0.2, 0.25) is 0 Å². The van der Waals surface area contributed by atoms with Crippen LogP contribution in [-0.2, 0) is 11.3 Å². The van der Waals surface area contributed by atoms with Crippen LogP contribution in [0, 0.1) is 6.92 Å². The van der Waals surface area contributed by atoms with E-state index in [-0.39, 0.29) is 18.0 Å². The molecule has 2 aromatic carbocycles. The summed E-state index contributed by atoms with van der Waals surface area (Å²) in [4.78, 5) is 26.9. The smallest absolute Gasteiger partial charge is 0.267 e. The molecule has 3 rings (SSSR count). The van der Waals surface area contributed by atoms with Crippen LogP contribution in [0.1, 0.15) is 12.5 Å². The van der Waals surface area contributed by atoms with E-state index in [9.17, 15) is 9.59 Å². The molecule has 6 heteroatoms. The highest BCUT2D eigenvalue weighted by molar-refractivity contribution is 5.93. The third-order valence-electron chi connectivity index (χ3n) is 4.54. The number of hydrogen-bond donors (Lipinski definition) is 0. The Balaban J connectivity index is 1.90. The summed E-state index contributed by atoms with van der Waals surface area (Å²) in [6.45, 7) is 4.25. The van der Waals surface area contributed by atoms with E-state index in [0.29, 0.717) is 18.0 Å². The molecule has 6 nitrogen and oxygen atoms in total. The van der Waals surface area contributed by atoms with Crippen LogP contribution in [0.5, 0.6) is 5.75 Å². The van der Waals surface area contributed by atoms with Gasteiger partial charge in [-0.25, -0.2) is 4.68 Å². The number of aryl methyl sites for hydroxylation is 1. The van der Waals surface area contributed by atoms with Crippen molar-refractivity contribution < 1.29 is 9.53 Å². The first-order valence-electron chi connectivity index (χ1n) is 9.12. The Morgan fingerprint density at radius 2 is 1.89 bits per heavy atom. The number of methoxy groups -OCH3 is 1. The van der Waals surface area contributed by atoms with Gasteiger partial charge in [0.2, 0.25) is 5.91 Å². The van der Waals surface area contributed by atoms with Crippen LogP contribution in [0.4, 0.5) is 5.69 Å². The number of aromatic nitrogens is 2. The molecule has 1 aromatic heterocycles. The van der Waals surface area contributed by atoms with Crippen LogP contribution in [0.15, 0.2) is 65.5 Å². The first kappa shape index (κ1) is 19.4. The van der Waals surface area contributed by atoms with E-state index in [1.165, 1.54) is 10.7 Å². The predicted octanol–water partition coefficient (Wildman–Crippen LogP) is 3.28. The largest absolute Gasteiger partial charge is 0.497 e. The zero-order chi connectivity index (χ0) is 20.1. The Hall–Kier alpha value is -3.41. The number of rotatable bonds is 6. The average molecular weight is 377 g/mol. The van der Waals surface area contributed by atoms with E-state index in [4.69, 9.17) is 4.74 Å². The van der Waals surface area contributed by atoms with Crippen LogP contribution in [0.25, 0.3) is 11.3 Å². The maximum absolute atomic E-state index is 12.9. The summed E-state index contributed by atoms with van der Waals surface area (Å²) >= 11 is 0. The van der Waals surface area contributed by atoms with Crippen molar-refractivity contribution in [2.75, 3.05) is 18.6 Å². The molecule has 0 atom stereocenters. The predicted molar refractivity (Wildman–Crippen MR) is 110 cm³/mol. The number of hydrogen-bond acceptors (Lipinski definition) is 4. The van der Waals surface area contributed by atoms with Gasteiger partial charge < -0.3 is 9.64 Å². The fourth-order valence-corrected chi connectivity index (χ4v) is 3.06. The second kappa shape index (κ2) is 8.52. The fourth-order valence-electron chi connectivity index (χ4n) is 3.06. The standard InChI is InChI=1S/C22H23N3O3/c1-4-24(20-11-6-5-8-16(20)2)22(27)15-25-21(26)13-12-19(23-25)17-9-7-10-18(14-17)28-3/h5-14H,4,15H2,1-3H3. The van der Waals surface area contributed by atoms with Gasteiger partial charge in [0, 0.05) is 23.9 Å². The molecule has 0 bridgehead atoms. The number of anilines is 1. The second-order valence-corrected chi connectivity index (χ2v) is 6.37. The first-order chi connectivity index (χ1) is 13.5. The molecule has 0 radical (unpaired) electrons. The number of ether oxygens (including phenoxy) is 1. The fraction of sp³-hybridized carbons (Fsp3) is 0.227. The van der Waals surface area contributed by atoms with Gasteiger partial charge in [-0.15, -0.1) is 0 Å². The Morgan fingerprint density at radius 3 is 2.61 bits per heavy atom. The maximum atomic E-state index is 12.9. The lowest BCUT2D eigenvalue weighted by molar-refractivity contribution is -0.119. The molecule has 0 aliphatic rings. The number of likely N-dealkylation sites (N-methyl/N-ethyl adjacent to an activating group) is 1. The normalized spacial score (nSPS) is 10.5. The van der Waals surface area contributed by atoms with Crippen LogP contribution < -0.4 is 15.2 Å². The molecule has 3 aromatic rings. The molecule has 144 valence electrons. The molecule has 0 unspecified atom stereocenters. The van der Waals surface area contributed by atoms with E-state index in [2.05, 4.69) is 5.10 Å². The minimum atomic E-state index is -0.319. The van der Waals surface area contributed by atoms with Gasteiger partial charge in [-0.2, -0.15) is 5.10 Å². The summed E-state index contributed by atoms with van der Waals surface area (Å²) in [6, 6.07) is 18.2. The Kier molecular flexibility index (Phi) is 5.89. The van der Waals surface area contributed by atoms with Crippen molar-refractivity contribution in [2.45, 2.75) is 20.4 Å². The van der Waals surface area contributed by atoms with E-state index < -0.39 is 0 Å². The summed E-state index contributed by atoms with van der Waals surface area (Å²) in [5.74, 6) is 0.513. The van der Waals surface area contributed by atoms with Gasteiger partial charge in [0.15, 0.2) is 0 Å². The van der Waals surface area contributed by atoms with Gasteiger partial charge in [0.05, 0.1) is 12.8 Å². The molecule has 0 saturated carbocycles. The van der Waals surface area contributed by atoms with Gasteiger partial charge in [0.1, 0.15) is 12.3 Å². The molecule has 0 aliphatic heterocycles. The minimum absolute atomic E-state index is 0.126. The lowest BCUT2D eigenvalue weighted by atomic mass is 10.1. The molecule has 0 aliphatic carbocycles. The van der Waals surface area contributed by atoms with Gasteiger partial charge in [-0.1, -0.05) is 30.3 Å². The van der Waals surface area contributed by atoms with Crippen molar-refractivity contribution in [3.05, 3.63) is 76.6 Å². The first-order valence-corrected chi connectivity index (χ1v) is 9.12. The second-order valence-electron chi connectivity index (χ2n) is 6.37. The SMILES string of the molecule is CCN(C(=O)Cn1nc(-c2cccc(OC)c2)ccc1=O)c1ccccc1C. The van der Waals surface area contributed by atoms with Gasteiger partial charge in [0.25, 0.3) is 5.56 Å². The summed E-state index contributed by atoms with van der Waals surface area (Å²) in [6.07, 6.45) is 0. The van der Waals surface area contributed by atoms with Crippen LogP contribution >= 0.6 is 0 Å². The summed E-state index contributed by atoms with van der Waals surface area (Å²) in [5.41, 5.74) is 2.94. The molecular formula is C22H23N3O3. The molecule has 0 saturated heterocycles. The molecule has 1 heterocycles. The van der Waals surface area contributed by atoms with Crippen LogP contribution in [0.3, 0.4) is 0 Å². The molecular weight excluding hydrogens is 354 g/mol. The number of nitrogens with zero attached hydrogens (tertiary/aromatic N) is 3. The summed E-state index contributed by atoms with van der Waals surface area (Å²) in [7, 11) is 1.59. The summed E-state index contributed by atoms with van der Waals surface area (Å²) < 4.78 is 6.45. The van der Waals surface area contributed by atoms with Crippen molar-refractivity contribution in [1.29, 1.82) is 0 Å². The minimum Gasteiger partial charge on any atom is -0.497 e. The van der Waals surface area contributed by atoms with Crippen molar-refractivity contribution in [3.8, 4) is 17.0 Å². The molecule has 1 amide bonds. The third-order valence-corrected chi connectivity index (χ3v) is 4.54. The van der Waals surface area contributed by atoms with Gasteiger partial charge in [-0.05, 0) is 43.7 Å². The topological polar surface area (TPSA) is 64.4 Å². The van der Waals surface area contributed by atoms with Gasteiger partial charge >= 0.3 is 0 Å². The third kappa shape index (κ3) is 4.11. The van der Waals surface area contributed by atoms with Crippen molar-refractivity contribution in [1.82, 2.24) is 9.78 Å². The van der Waals surface area contributed by atoms with Crippen LogP contribution in [-0.4, -0.2) is 29.3 Å². The van der Waals surface area contributed by atoms with E-state index >= 15 is 0 Å². The quantitative estimate of drug-likeness (QED) is 0.661. The average Bonchev–Trinajstić information content (AvgIpc) is 2.71. The number of benzene rings is 2. The highest BCUT2D eigenvalue weighted by Gasteiger charge is 2.17. The summed E-state index contributed by atoms with van der Waals surface area (Å²) in [5, 5.41) is 4.39. The lowest BCUT2D eigenvalue weighted by Crippen LogP contribution is -2.37. The molecule has 28 heavy (non-hydrogen) atoms. The highest BCUT2D eigenvalue weighted by Crippen LogP contribution is 2.22. The van der Waals surface area contributed by atoms with Crippen molar-refractivity contribution in [2.24, 2.45) is 0 Å². The van der Waals surface area contributed by atoms with E-state index in [0.717, 1.165) is 16.8 Å². The number of carbonyl (C=O) groups excluding carboxylic acids is 1. The lowest BCUT2D eigenvalue weighted by Gasteiger charge is -2.23. The monoisotopic (exact) mass is 377 g/mol. The number of para-hydroxylation sites is 1. The highest BCUT2D eigenvalue weighted by atomic mass is 16.5. The Morgan fingerprint density at radius 1 is 1.11 bits per heavy atom. The Labute approximate surface area is 164 Å². The van der Waals surface area contributed by atoms with E-state index in [1.807, 2.05) is 62.4 Å². The molecule has 0 N–H and O–H groups in total.